The maximum atomic E-state index is 12.6. The van der Waals surface area contributed by atoms with Crippen LogP contribution in [0.3, 0.4) is 0 Å². The molecule has 0 saturated carbocycles. The first-order valence-corrected chi connectivity index (χ1v) is 8.83. The molecule has 4 aromatic rings. The van der Waals surface area contributed by atoms with Crippen LogP contribution in [0.5, 0.6) is 0 Å². The highest BCUT2D eigenvalue weighted by molar-refractivity contribution is 9.10. The van der Waals surface area contributed by atoms with Gasteiger partial charge < -0.3 is 4.98 Å². The molecule has 0 aliphatic rings. The van der Waals surface area contributed by atoms with Crippen molar-refractivity contribution in [2.75, 3.05) is 0 Å². The third kappa shape index (κ3) is 2.61. The zero-order valence-corrected chi connectivity index (χ0v) is 14.7. The van der Waals surface area contributed by atoms with E-state index in [0.29, 0.717) is 16.0 Å². The predicted octanol–water partition coefficient (Wildman–Crippen LogP) is 3.92. The lowest BCUT2D eigenvalue weighted by molar-refractivity contribution is 0.0999. The monoisotopic (exact) mass is 398 g/mol. The molecule has 1 amide bonds. The molecule has 7 heteroatoms. The molecular weight excluding hydrogens is 388 g/mol. The van der Waals surface area contributed by atoms with Gasteiger partial charge in [-0.2, -0.15) is 4.99 Å². The van der Waals surface area contributed by atoms with Crippen LogP contribution in [0.15, 0.2) is 69.8 Å². The van der Waals surface area contributed by atoms with Gasteiger partial charge in [0, 0.05) is 33.8 Å². The molecule has 1 N–H and O–H groups in total. The topological polar surface area (TPSA) is 63.0 Å². The molecule has 1 aromatic carbocycles. The highest BCUT2D eigenvalue weighted by atomic mass is 79.9. The van der Waals surface area contributed by atoms with Crippen molar-refractivity contribution in [2.24, 2.45) is 4.99 Å². The van der Waals surface area contributed by atoms with Gasteiger partial charge in [-0.3, -0.25) is 9.36 Å². The summed E-state index contributed by atoms with van der Waals surface area (Å²) in [7, 11) is 0. The van der Waals surface area contributed by atoms with E-state index in [4.69, 9.17) is 0 Å². The van der Waals surface area contributed by atoms with Gasteiger partial charge in [0.2, 0.25) is 0 Å². The number of hydrogen-bond donors (Lipinski definition) is 1. The van der Waals surface area contributed by atoms with Crippen molar-refractivity contribution in [1.82, 2.24) is 14.5 Å². The number of thiazole rings is 1. The molecule has 3 aromatic heterocycles. The molecule has 0 bridgehead atoms. The Hall–Kier alpha value is -2.51. The smallest absolute Gasteiger partial charge is 0.281 e. The van der Waals surface area contributed by atoms with Crippen LogP contribution in [0.1, 0.15) is 10.4 Å². The maximum absolute atomic E-state index is 12.6. The number of pyridine rings is 1. The molecule has 4 rings (SSSR count). The van der Waals surface area contributed by atoms with E-state index in [9.17, 15) is 4.79 Å². The molecule has 0 saturated heterocycles. The standard InChI is InChI=1S/C17H11BrN4OS/c18-13-5-1-2-6-14(13)22-8-9-24-17(22)21-16(23)12-10-20-15-11(12)4-3-7-19-15/h1-10H,(H,19,20). The van der Waals surface area contributed by atoms with E-state index in [2.05, 4.69) is 30.9 Å². The minimum atomic E-state index is -0.294. The lowest BCUT2D eigenvalue weighted by Crippen LogP contribution is -2.15. The van der Waals surface area contributed by atoms with Gasteiger partial charge in [0.05, 0.1) is 11.3 Å². The van der Waals surface area contributed by atoms with Gasteiger partial charge in [0.15, 0.2) is 4.80 Å². The summed E-state index contributed by atoms with van der Waals surface area (Å²) in [6.45, 7) is 0. The van der Waals surface area contributed by atoms with E-state index in [1.807, 2.05) is 46.5 Å². The molecule has 24 heavy (non-hydrogen) atoms. The first-order valence-electron chi connectivity index (χ1n) is 7.16. The van der Waals surface area contributed by atoms with Crippen molar-refractivity contribution in [3.8, 4) is 5.69 Å². The predicted molar refractivity (Wildman–Crippen MR) is 97.3 cm³/mol. The summed E-state index contributed by atoms with van der Waals surface area (Å²) in [6, 6.07) is 11.5. The van der Waals surface area contributed by atoms with Gasteiger partial charge in [-0.1, -0.05) is 12.1 Å². The van der Waals surface area contributed by atoms with E-state index < -0.39 is 0 Å². The number of amides is 1. The van der Waals surface area contributed by atoms with Crippen molar-refractivity contribution >= 4 is 44.2 Å². The van der Waals surface area contributed by atoms with Crippen LogP contribution < -0.4 is 4.80 Å². The van der Waals surface area contributed by atoms with Crippen LogP contribution in [0.2, 0.25) is 0 Å². The molecule has 0 radical (unpaired) electrons. The zero-order valence-electron chi connectivity index (χ0n) is 12.3. The number of nitrogens with zero attached hydrogens (tertiary/aromatic N) is 3. The zero-order chi connectivity index (χ0) is 16.5. The molecule has 0 fully saturated rings. The largest absolute Gasteiger partial charge is 0.345 e. The first kappa shape index (κ1) is 15.0. The van der Waals surface area contributed by atoms with Crippen molar-refractivity contribution in [1.29, 1.82) is 0 Å². The SMILES string of the molecule is O=C(N=c1sccn1-c1ccccc1Br)c1c[nH]c2ncccc12. The Labute approximate surface area is 149 Å². The highest BCUT2D eigenvalue weighted by Crippen LogP contribution is 2.20. The lowest BCUT2D eigenvalue weighted by atomic mass is 10.2. The molecule has 0 unspecified atom stereocenters. The summed E-state index contributed by atoms with van der Waals surface area (Å²) in [5.41, 5.74) is 2.14. The molecule has 0 aliphatic carbocycles. The number of H-pyrrole nitrogens is 1. The van der Waals surface area contributed by atoms with Crippen LogP contribution in [0.4, 0.5) is 0 Å². The summed E-state index contributed by atoms with van der Waals surface area (Å²) < 4.78 is 2.83. The average molecular weight is 399 g/mol. The van der Waals surface area contributed by atoms with E-state index >= 15 is 0 Å². The Balaban J connectivity index is 1.81. The molecule has 118 valence electrons. The molecule has 0 spiro atoms. The average Bonchev–Trinajstić information content (AvgIpc) is 3.22. The van der Waals surface area contributed by atoms with E-state index in [1.165, 1.54) is 11.3 Å². The fourth-order valence-electron chi connectivity index (χ4n) is 2.46. The van der Waals surface area contributed by atoms with Crippen molar-refractivity contribution in [2.45, 2.75) is 0 Å². The number of aromatic nitrogens is 3. The van der Waals surface area contributed by atoms with E-state index in [1.54, 1.807) is 18.5 Å². The van der Waals surface area contributed by atoms with Crippen molar-refractivity contribution < 1.29 is 4.79 Å². The van der Waals surface area contributed by atoms with Gasteiger partial charge in [-0.15, -0.1) is 11.3 Å². The number of carbonyl (C=O) groups is 1. The van der Waals surface area contributed by atoms with Crippen molar-refractivity contribution in [3.63, 3.8) is 0 Å². The van der Waals surface area contributed by atoms with E-state index in [-0.39, 0.29) is 5.91 Å². The Kier molecular flexibility index (Phi) is 3.87. The third-order valence-electron chi connectivity index (χ3n) is 3.58. The fourth-order valence-corrected chi connectivity index (χ4v) is 3.65. The number of benzene rings is 1. The van der Waals surface area contributed by atoms with Gasteiger partial charge >= 0.3 is 0 Å². The molecule has 0 atom stereocenters. The normalized spacial score (nSPS) is 12.0. The number of fused-ring (bicyclic) bond motifs is 1. The second-order valence-electron chi connectivity index (χ2n) is 5.03. The number of rotatable bonds is 2. The Morgan fingerprint density at radius 2 is 2.12 bits per heavy atom. The second kappa shape index (κ2) is 6.18. The summed E-state index contributed by atoms with van der Waals surface area (Å²) in [5.74, 6) is -0.294. The van der Waals surface area contributed by atoms with Gasteiger partial charge in [-0.05, 0) is 40.2 Å². The number of para-hydroxylation sites is 1. The molecule has 3 heterocycles. The van der Waals surface area contributed by atoms with Gasteiger partial charge in [0.1, 0.15) is 5.65 Å². The van der Waals surface area contributed by atoms with Crippen LogP contribution in [-0.2, 0) is 0 Å². The third-order valence-corrected chi connectivity index (χ3v) is 5.01. The number of nitrogens with one attached hydrogen (secondary N) is 1. The molecule has 5 nitrogen and oxygen atoms in total. The first-order chi connectivity index (χ1) is 11.7. The van der Waals surface area contributed by atoms with Crippen LogP contribution in [0.25, 0.3) is 16.7 Å². The molecular formula is C17H11BrN4OS. The maximum Gasteiger partial charge on any atom is 0.281 e. The summed E-state index contributed by atoms with van der Waals surface area (Å²) in [4.78, 5) is 24.7. The number of hydrogen-bond acceptors (Lipinski definition) is 3. The lowest BCUT2D eigenvalue weighted by Gasteiger charge is -2.04. The minimum absolute atomic E-state index is 0.294. The number of carbonyl (C=O) groups excluding carboxylic acids is 1. The second-order valence-corrected chi connectivity index (χ2v) is 6.75. The quantitative estimate of drug-likeness (QED) is 0.556. The Morgan fingerprint density at radius 3 is 3.00 bits per heavy atom. The Morgan fingerprint density at radius 1 is 1.25 bits per heavy atom. The van der Waals surface area contributed by atoms with Crippen LogP contribution in [-0.4, -0.2) is 20.4 Å². The summed E-state index contributed by atoms with van der Waals surface area (Å²) >= 11 is 4.95. The van der Waals surface area contributed by atoms with Gasteiger partial charge in [-0.25, -0.2) is 4.98 Å². The number of halogens is 1. The van der Waals surface area contributed by atoms with E-state index in [0.717, 1.165) is 15.5 Å². The fraction of sp³-hybridized carbons (Fsp3) is 0. The van der Waals surface area contributed by atoms with Crippen molar-refractivity contribution in [3.05, 3.63) is 75.2 Å². The highest BCUT2D eigenvalue weighted by Gasteiger charge is 2.12. The summed E-state index contributed by atoms with van der Waals surface area (Å²) in [5, 5.41) is 2.68. The Bertz CT molecular complexity index is 1110. The summed E-state index contributed by atoms with van der Waals surface area (Å²) in [6.07, 6.45) is 5.23. The number of aromatic amines is 1. The van der Waals surface area contributed by atoms with Crippen LogP contribution >= 0.6 is 27.3 Å². The molecule has 0 aliphatic heterocycles. The van der Waals surface area contributed by atoms with Gasteiger partial charge in [0.25, 0.3) is 5.91 Å². The minimum Gasteiger partial charge on any atom is -0.345 e. The van der Waals surface area contributed by atoms with Crippen LogP contribution in [0, 0.1) is 0 Å².